The van der Waals surface area contributed by atoms with Gasteiger partial charge in [0.05, 0.1) is 0 Å². The lowest BCUT2D eigenvalue weighted by Gasteiger charge is -2.34. The van der Waals surface area contributed by atoms with Crippen LogP contribution in [0.3, 0.4) is 0 Å². The van der Waals surface area contributed by atoms with Crippen molar-refractivity contribution in [1.82, 2.24) is 10.1 Å². The molecule has 0 bridgehead atoms. The number of carbonyl (C=O) groups is 1. The highest BCUT2D eigenvalue weighted by atomic mass is 16.5. The highest BCUT2D eigenvalue weighted by Gasteiger charge is 2.28. The summed E-state index contributed by atoms with van der Waals surface area (Å²) in [6, 6.07) is 10.1. The van der Waals surface area contributed by atoms with E-state index in [4.69, 9.17) is 4.52 Å². The molecule has 0 radical (unpaired) electrons. The summed E-state index contributed by atoms with van der Waals surface area (Å²) in [5, 5.41) is 3.99. The van der Waals surface area contributed by atoms with Crippen molar-refractivity contribution in [2.45, 2.75) is 45.6 Å². The molecule has 116 valence electrons. The third-order valence-electron chi connectivity index (χ3n) is 4.42. The first-order valence-electron chi connectivity index (χ1n) is 8.03. The van der Waals surface area contributed by atoms with Gasteiger partial charge in [-0.2, -0.15) is 0 Å². The average molecular weight is 298 g/mol. The molecule has 0 N–H and O–H groups in total. The van der Waals surface area contributed by atoms with E-state index >= 15 is 0 Å². The largest absolute Gasteiger partial charge is 0.355 e. The molecule has 1 atom stereocenters. The van der Waals surface area contributed by atoms with Gasteiger partial charge in [0.2, 0.25) is 0 Å². The third kappa shape index (κ3) is 2.91. The molecule has 0 unspecified atom stereocenters. The zero-order chi connectivity index (χ0) is 15.5. The average Bonchev–Trinajstić information content (AvgIpc) is 3.05. The number of nitrogens with zero attached hydrogens (tertiary/aromatic N) is 2. The summed E-state index contributed by atoms with van der Waals surface area (Å²) in [5.74, 6) is 0.641. The van der Waals surface area contributed by atoms with Crippen molar-refractivity contribution in [3.8, 4) is 11.3 Å². The van der Waals surface area contributed by atoms with Gasteiger partial charge in [-0.3, -0.25) is 4.79 Å². The Kier molecular flexibility index (Phi) is 4.27. The number of benzene rings is 1. The molecule has 1 aliphatic rings. The minimum absolute atomic E-state index is 0.00587. The molecule has 1 saturated heterocycles. The molecule has 2 aromatic rings. The lowest BCUT2D eigenvalue weighted by atomic mass is 9.99. The van der Waals surface area contributed by atoms with E-state index in [1.54, 1.807) is 6.07 Å². The molecule has 4 heteroatoms. The van der Waals surface area contributed by atoms with E-state index in [1.165, 1.54) is 12.0 Å². The summed E-state index contributed by atoms with van der Waals surface area (Å²) >= 11 is 0. The van der Waals surface area contributed by atoms with Crippen LogP contribution >= 0.6 is 0 Å². The Balaban J connectivity index is 1.80. The standard InChI is InChI=1S/C18H22N2O2/c1-3-15-6-4-5-11-20(15)18(21)16-12-17(22-19-16)14-9-7-13(2)8-10-14/h7-10,12,15H,3-6,11H2,1-2H3/t15-/m1/s1. The van der Waals surface area contributed by atoms with E-state index in [1.807, 2.05) is 36.1 Å². The van der Waals surface area contributed by atoms with Crippen LogP contribution < -0.4 is 0 Å². The topological polar surface area (TPSA) is 46.3 Å². The van der Waals surface area contributed by atoms with E-state index in [9.17, 15) is 4.79 Å². The summed E-state index contributed by atoms with van der Waals surface area (Å²) < 4.78 is 5.37. The fourth-order valence-corrected chi connectivity index (χ4v) is 3.07. The summed E-state index contributed by atoms with van der Waals surface area (Å²) in [7, 11) is 0. The first kappa shape index (κ1) is 14.8. The molecule has 1 fully saturated rings. The fraction of sp³-hybridized carbons (Fsp3) is 0.444. The number of likely N-dealkylation sites (tertiary alicyclic amines) is 1. The van der Waals surface area contributed by atoms with E-state index in [2.05, 4.69) is 12.1 Å². The summed E-state index contributed by atoms with van der Waals surface area (Å²) in [5.41, 5.74) is 2.55. The van der Waals surface area contributed by atoms with E-state index in [-0.39, 0.29) is 5.91 Å². The van der Waals surface area contributed by atoms with Crippen molar-refractivity contribution >= 4 is 5.91 Å². The number of hydrogen-bond donors (Lipinski definition) is 0. The quantitative estimate of drug-likeness (QED) is 0.858. The Morgan fingerprint density at radius 3 is 2.82 bits per heavy atom. The maximum atomic E-state index is 12.7. The van der Waals surface area contributed by atoms with Crippen molar-refractivity contribution in [2.75, 3.05) is 6.54 Å². The second kappa shape index (κ2) is 6.34. The van der Waals surface area contributed by atoms with Crippen LogP contribution in [0.5, 0.6) is 0 Å². The van der Waals surface area contributed by atoms with E-state index in [0.29, 0.717) is 17.5 Å². The number of carbonyl (C=O) groups excluding carboxylic acids is 1. The number of piperidine rings is 1. The molecule has 1 amide bonds. The van der Waals surface area contributed by atoms with Crippen molar-refractivity contribution in [1.29, 1.82) is 0 Å². The fourth-order valence-electron chi connectivity index (χ4n) is 3.07. The highest BCUT2D eigenvalue weighted by molar-refractivity contribution is 5.93. The molecule has 0 saturated carbocycles. The van der Waals surface area contributed by atoms with Crippen LogP contribution in [0.1, 0.15) is 48.7 Å². The van der Waals surface area contributed by atoms with Gasteiger partial charge in [0.25, 0.3) is 5.91 Å². The number of aromatic nitrogens is 1. The summed E-state index contributed by atoms with van der Waals surface area (Å²) in [6.45, 7) is 5.00. The van der Waals surface area contributed by atoms with Gasteiger partial charge in [0, 0.05) is 24.2 Å². The lowest BCUT2D eigenvalue weighted by Crippen LogP contribution is -2.43. The predicted octanol–water partition coefficient (Wildman–Crippen LogP) is 4.05. The smallest absolute Gasteiger partial charge is 0.276 e. The molecule has 22 heavy (non-hydrogen) atoms. The predicted molar refractivity (Wildman–Crippen MR) is 85.6 cm³/mol. The second-order valence-electron chi connectivity index (χ2n) is 6.00. The van der Waals surface area contributed by atoms with E-state index in [0.717, 1.165) is 31.4 Å². The van der Waals surface area contributed by atoms with Crippen LogP contribution in [0.15, 0.2) is 34.9 Å². The normalized spacial score (nSPS) is 18.5. The van der Waals surface area contributed by atoms with Crippen molar-refractivity contribution in [3.63, 3.8) is 0 Å². The third-order valence-corrected chi connectivity index (χ3v) is 4.42. The van der Waals surface area contributed by atoms with Crippen LogP contribution in [-0.4, -0.2) is 28.6 Å². The maximum Gasteiger partial charge on any atom is 0.276 e. The molecule has 4 nitrogen and oxygen atoms in total. The zero-order valence-electron chi connectivity index (χ0n) is 13.2. The summed E-state index contributed by atoms with van der Waals surface area (Å²) in [4.78, 5) is 14.6. The monoisotopic (exact) mass is 298 g/mol. The van der Waals surface area contributed by atoms with Gasteiger partial charge in [-0.15, -0.1) is 0 Å². The highest BCUT2D eigenvalue weighted by Crippen LogP contribution is 2.24. The van der Waals surface area contributed by atoms with Crippen LogP contribution in [-0.2, 0) is 0 Å². The SMILES string of the molecule is CC[C@@H]1CCCCN1C(=O)c1cc(-c2ccc(C)cc2)on1. The molecule has 3 rings (SSSR count). The van der Waals surface area contributed by atoms with Crippen molar-refractivity contribution in [2.24, 2.45) is 0 Å². The summed E-state index contributed by atoms with van der Waals surface area (Å²) in [6.07, 6.45) is 4.36. The molecule has 1 aliphatic heterocycles. The maximum absolute atomic E-state index is 12.7. The minimum atomic E-state index is -0.00587. The number of amides is 1. The first-order chi connectivity index (χ1) is 10.7. The molecular formula is C18H22N2O2. The van der Waals surface area contributed by atoms with Crippen LogP contribution in [0.4, 0.5) is 0 Å². The molecule has 0 spiro atoms. The molecular weight excluding hydrogens is 276 g/mol. The van der Waals surface area contributed by atoms with Crippen molar-refractivity contribution < 1.29 is 9.32 Å². The Morgan fingerprint density at radius 1 is 1.32 bits per heavy atom. The number of aryl methyl sites for hydroxylation is 1. The Bertz CT molecular complexity index is 645. The van der Waals surface area contributed by atoms with Crippen LogP contribution in [0.2, 0.25) is 0 Å². The van der Waals surface area contributed by atoms with Crippen LogP contribution in [0, 0.1) is 6.92 Å². The van der Waals surface area contributed by atoms with Gasteiger partial charge < -0.3 is 9.42 Å². The van der Waals surface area contributed by atoms with Gasteiger partial charge >= 0.3 is 0 Å². The van der Waals surface area contributed by atoms with Gasteiger partial charge in [-0.1, -0.05) is 41.9 Å². The van der Waals surface area contributed by atoms with Gasteiger partial charge in [0.15, 0.2) is 11.5 Å². The lowest BCUT2D eigenvalue weighted by molar-refractivity contribution is 0.0597. The molecule has 2 heterocycles. The Morgan fingerprint density at radius 2 is 2.09 bits per heavy atom. The second-order valence-corrected chi connectivity index (χ2v) is 6.00. The number of rotatable bonds is 3. The van der Waals surface area contributed by atoms with Gasteiger partial charge in [0.1, 0.15) is 0 Å². The Labute approximate surface area is 131 Å². The first-order valence-corrected chi connectivity index (χ1v) is 8.03. The zero-order valence-corrected chi connectivity index (χ0v) is 13.2. The number of hydrogen-bond acceptors (Lipinski definition) is 3. The minimum Gasteiger partial charge on any atom is -0.355 e. The van der Waals surface area contributed by atoms with E-state index < -0.39 is 0 Å². The van der Waals surface area contributed by atoms with Gasteiger partial charge in [-0.25, -0.2) is 0 Å². The van der Waals surface area contributed by atoms with Gasteiger partial charge in [-0.05, 0) is 32.6 Å². The molecule has 1 aromatic carbocycles. The van der Waals surface area contributed by atoms with Crippen LogP contribution in [0.25, 0.3) is 11.3 Å². The molecule has 0 aliphatic carbocycles. The Hall–Kier alpha value is -2.10. The van der Waals surface area contributed by atoms with Crippen molar-refractivity contribution in [3.05, 3.63) is 41.6 Å². The molecule has 1 aromatic heterocycles.